The number of carbonyl (C=O) groups is 2. The average Bonchev–Trinajstić information content (AvgIpc) is 2.53. The van der Waals surface area contributed by atoms with Gasteiger partial charge in [0.25, 0.3) is 0 Å². The van der Waals surface area contributed by atoms with Crippen LogP contribution in [0.1, 0.15) is 37.7 Å². The number of halogens is 1. The maximum atomic E-state index is 13.2. The van der Waals surface area contributed by atoms with Crippen molar-refractivity contribution < 1.29 is 14.0 Å². The van der Waals surface area contributed by atoms with Crippen LogP contribution in [0.5, 0.6) is 0 Å². The molecule has 0 radical (unpaired) electrons. The minimum absolute atomic E-state index is 0.00884. The Morgan fingerprint density at radius 3 is 2.82 bits per heavy atom. The van der Waals surface area contributed by atoms with Gasteiger partial charge in [0.2, 0.25) is 11.8 Å². The molecule has 1 saturated heterocycles. The number of nitrogens with one attached hydrogen (secondary N) is 1. The molecular weight excluding hydrogens is 283 g/mol. The number of nitrogens with zero attached hydrogens (tertiary/aromatic N) is 1. The van der Waals surface area contributed by atoms with E-state index in [-0.39, 0.29) is 24.1 Å². The number of hydrogen-bond acceptors (Lipinski definition) is 2. The van der Waals surface area contributed by atoms with Gasteiger partial charge in [-0.05, 0) is 30.5 Å². The smallest absolute Gasteiger partial charge is 0.227 e. The Bertz CT molecular complexity index is 519. The van der Waals surface area contributed by atoms with E-state index in [1.165, 1.54) is 12.1 Å². The average molecular weight is 306 g/mol. The second-order valence-electron chi connectivity index (χ2n) is 5.70. The van der Waals surface area contributed by atoms with Crippen LogP contribution in [-0.4, -0.2) is 36.3 Å². The van der Waals surface area contributed by atoms with Crippen LogP contribution in [0.25, 0.3) is 0 Å². The molecule has 1 aliphatic heterocycles. The Labute approximate surface area is 130 Å². The lowest BCUT2D eigenvalue weighted by Gasteiger charge is -2.22. The van der Waals surface area contributed by atoms with Crippen LogP contribution in [-0.2, 0) is 16.0 Å². The molecule has 2 rings (SSSR count). The van der Waals surface area contributed by atoms with Gasteiger partial charge >= 0.3 is 0 Å². The fraction of sp³-hybridized carbons (Fsp3) is 0.529. The van der Waals surface area contributed by atoms with Crippen LogP contribution in [0.4, 0.5) is 4.39 Å². The molecule has 22 heavy (non-hydrogen) atoms. The van der Waals surface area contributed by atoms with Crippen molar-refractivity contribution in [2.24, 2.45) is 0 Å². The molecule has 0 aliphatic carbocycles. The summed E-state index contributed by atoms with van der Waals surface area (Å²) >= 11 is 0. The number of hydrogen-bond donors (Lipinski definition) is 1. The van der Waals surface area contributed by atoms with E-state index in [0.717, 1.165) is 32.2 Å². The van der Waals surface area contributed by atoms with Crippen molar-refractivity contribution in [1.82, 2.24) is 10.2 Å². The van der Waals surface area contributed by atoms with Crippen molar-refractivity contribution in [2.75, 3.05) is 19.6 Å². The van der Waals surface area contributed by atoms with E-state index in [9.17, 15) is 14.0 Å². The highest BCUT2D eigenvalue weighted by Crippen LogP contribution is 2.09. The number of carbonyl (C=O) groups excluding carboxylic acids is 2. The van der Waals surface area contributed by atoms with E-state index in [0.29, 0.717) is 25.1 Å². The monoisotopic (exact) mass is 306 g/mol. The Morgan fingerprint density at radius 2 is 2.00 bits per heavy atom. The van der Waals surface area contributed by atoms with E-state index < -0.39 is 0 Å². The molecule has 4 nitrogen and oxygen atoms in total. The second kappa shape index (κ2) is 8.51. The maximum Gasteiger partial charge on any atom is 0.227 e. The van der Waals surface area contributed by atoms with Gasteiger partial charge in [0.05, 0.1) is 6.42 Å². The molecule has 0 spiro atoms. The zero-order valence-electron chi connectivity index (χ0n) is 12.8. The first-order chi connectivity index (χ1) is 10.6. The minimum atomic E-state index is -0.331. The molecule has 120 valence electrons. The van der Waals surface area contributed by atoms with Crippen LogP contribution in [0, 0.1) is 5.82 Å². The van der Waals surface area contributed by atoms with Gasteiger partial charge in [-0.3, -0.25) is 9.59 Å². The standard InChI is InChI=1S/C17H23FN2O2/c18-15-7-5-6-14(12-15)13-17(22)20-10-4-2-1-3-9-19-16(21)8-11-20/h5-7,12H,1-4,8-11,13H2,(H,19,21). The third kappa shape index (κ3) is 5.47. The molecule has 0 unspecified atom stereocenters. The minimum Gasteiger partial charge on any atom is -0.356 e. The second-order valence-corrected chi connectivity index (χ2v) is 5.70. The first-order valence-corrected chi connectivity index (χ1v) is 7.94. The van der Waals surface area contributed by atoms with Crippen molar-refractivity contribution in [2.45, 2.75) is 38.5 Å². The molecule has 1 fully saturated rings. The molecule has 2 amide bonds. The molecule has 5 heteroatoms. The summed E-state index contributed by atoms with van der Waals surface area (Å²) in [4.78, 5) is 25.8. The van der Waals surface area contributed by atoms with Crippen LogP contribution >= 0.6 is 0 Å². The number of amides is 2. The Morgan fingerprint density at radius 1 is 1.18 bits per heavy atom. The third-order valence-electron chi connectivity index (χ3n) is 3.88. The lowest BCUT2D eigenvalue weighted by Crippen LogP contribution is -2.36. The summed E-state index contributed by atoms with van der Waals surface area (Å²) in [5.74, 6) is -0.384. The van der Waals surface area contributed by atoms with Crippen LogP contribution in [0.2, 0.25) is 0 Å². The lowest BCUT2D eigenvalue weighted by molar-refractivity contribution is -0.131. The summed E-state index contributed by atoms with van der Waals surface area (Å²) in [6, 6.07) is 6.11. The van der Waals surface area contributed by atoms with Gasteiger partial charge in [0.15, 0.2) is 0 Å². The molecule has 1 N–H and O–H groups in total. The van der Waals surface area contributed by atoms with E-state index in [2.05, 4.69) is 5.32 Å². The van der Waals surface area contributed by atoms with Crippen molar-refractivity contribution in [3.05, 3.63) is 35.6 Å². The molecule has 1 aliphatic rings. The number of rotatable bonds is 2. The van der Waals surface area contributed by atoms with Crippen LogP contribution in [0.15, 0.2) is 24.3 Å². The van der Waals surface area contributed by atoms with Gasteiger partial charge in [-0.25, -0.2) is 4.39 Å². The highest BCUT2D eigenvalue weighted by molar-refractivity contribution is 5.80. The van der Waals surface area contributed by atoms with Crippen LogP contribution in [0.3, 0.4) is 0 Å². The van der Waals surface area contributed by atoms with Gasteiger partial charge in [0, 0.05) is 26.1 Å². The highest BCUT2D eigenvalue weighted by Gasteiger charge is 2.16. The van der Waals surface area contributed by atoms with E-state index in [4.69, 9.17) is 0 Å². The summed E-state index contributed by atoms with van der Waals surface area (Å²) in [6.45, 7) is 1.82. The predicted octanol–water partition coefficient (Wildman–Crippen LogP) is 2.28. The zero-order valence-corrected chi connectivity index (χ0v) is 12.8. The van der Waals surface area contributed by atoms with Crippen molar-refractivity contribution in [1.29, 1.82) is 0 Å². The summed E-state index contributed by atoms with van der Waals surface area (Å²) < 4.78 is 13.2. The van der Waals surface area contributed by atoms with Gasteiger partial charge in [-0.2, -0.15) is 0 Å². The molecule has 0 saturated carbocycles. The Balaban J connectivity index is 1.96. The molecule has 1 heterocycles. The molecule has 0 atom stereocenters. The fourth-order valence-corrected chi connectivity index (χ4v) is 2.63. The van der Waals surface area contributed by atoms with Crippen LogP contribution < -0.4 is 5.32 Å². The quantitative estimate of drug-likeness (QED) is 0.911. The van der Waals surface area contributed by atoms with Crippen molar-refractivity contribution >= 4 is 11.8 Å². The van der Waals surface area contributed by atoms with Gasteiger partial charge in [0.1, 0.15) is 5.82 Å². The molecule has 0 bridgehead atoms. The zero-order chi connectivity index (χ0) is 15.8. The third-order valence-corrected chi connectivity index (χ3v) is 3.88. The fourth-order valence-electron chi connectivity index (χ4n) is 2.63. The number of benzene rings is 1. The largest absolute Gasteiger partial charge is 0.356 e. The maximum absolute atomic E-state index is 13.2. The van der Waals surface area contributed by atoms with Gasteiger partial charge in [-0.15, -0.1) is 0 Å². The summed E-state index contributed by atoms with van der Waals surface area (Å²) in [6.07, 6.45) is 4.56. The summed E-state index contributed by atoms with van der Waals surface area (Å²) in [5, 5.41) is 2.87. The van der Waals surface area contributed by atoms with Gasteiger partial charge < -0.3 is 10.2 Å². The topological polar surface area (TPSA) is 49.4 Å². The van der Waals surface area contributed by atoms with Crippen molar-refractivity contribution in [3.8, 4) is 0 Å². The molecule has 1 aromatic rings. The molecular formula is C17H23FN2O2. The molecule has 0 aromatic heterocycles. The molecule has 1 aromatic carbocycles. The Kier molecular flexibility index (Phi) is 6.37. The lowest BCUT2D eigenvalue weighted by atomic mass is 10.1. The van der Waals surface area contributed by atoms with Gasteiger partial charge in [-0.1, -0.05) is 25.0 Å². The van der Waals surface area contributed by atoms with E-state index in [1.807, 2.05) is 0 Å². The SMILES string of the molecule is O=C1CCN(C(=O)Cc2cccc(F)c2)CCCCCCN1. The summed E-state index contributed by atoms with van der Waals surface area (Å²) in [7, 11) is 0. The predicted molar refractivity (Wildman–Crippen MR) is 82.8 cm³/mol. The van der Waals surface area contributed by atoms with E-state index in [1.54, 1.807) is 17.0 Å². The normalized spacial score (nSPS) is 17.5. The van der Waals surface area contributed by atoms with E-state index >= 15 is 0 Å². The first-order valence-electron chi connectivity index (χ1n) is 7.94. The first kappa shape index (κ1) is 16.5. The highest BCUT2D eigenvalue weighted by atomic mass is 19.1. The Hall–Kier alpha value is -1.91. The van der Waals surface area contributed by atoms with Crippen molar-refractivity contribution in [3.63, 3.8) is 0 Å². The summed E-state index contributed by atoms with van der Waals surface area (Å²) in [5.41, 5.74) is 0.670.